The highest BCUT2D eigenvalue weighted by Crippen LogP contribution is 2.24. The molecule has 1 aliphatic carbocycles. The van der Waals surface area contributed by atoms with E-state index >= 15 is 0 Å². The molecule has 1 saturated heterocycles. The Morgan fingerprint density at radius 2 is 1.89 bits per heavy atom. The molecule has 0 aromatic carbocycles. The summed E-state index contributed by atoms with van der Waals surface area (Å²) in [5.41, 5.74) is 0. The van der Waals surface area contributed by atoms with E-state index in [4.69, 9.17) is 17.5 Å². The van der Waals surface area contributed by atoms with Crippen molar-refractivity contribution in [3.8, 4) is 0 Å². The number of rotatable bonds is 4. The molecule has 1 aliphatic heterocycles. The smallest absolute Gasteiger partial charge is 0.155 e. The summed E-state index contributed by atoms with van der Waals surface area (Å²) in [6.45, 7) is 2.19. The average Bonchev–Trinajstić information content (AvgIpc) is 2.64. The Labute approximate surface area is 125 Å². The second-order valence-electron chi connectivity index (χ2n) is 5.24. The van der Waals surface area contributed by atoms with Crippen LogP contribution < -0.4 is 0 Å². The molecule has 6 heteroatoms. The van der Waals surface area contributed by atoms with Crippen molar-refractivity contribution in [2.45, 2.75) is 56.7 Å². The highest BCUT2D eigenvalue weighted by molar-refractivity contribution is 14.1. The van der Waals surface area contributed by atoms with E-state index in [1.165, 1.54) is 38.5 Å². The van der Waals surface area contributed by atoms with Gasteiger partial charge in [-0.1, -0.05) is 25.7 Å². The first kappa shape index (κ1) is 15.0. The molecule has 4 nitrogen and oxygen atoms in total. The van der Waals surface area contributed by atoms with Crippen molar-refractivity contribution in [2.24, 2.45) is 0 Å². The van der Waals surface area contributed by atoms with Gasteiger partial charge in [0.25, 0.3) is 0 Å². The fourth-order valence-electron chi connectivity index (χ4n) is 3.02. The SMILES string of the molecule is [B][C@H]1CN(C2CCCCCC2)C[C@@H](COOI)O1. The van der Waals surface area contributed by atoms with E-state index in [1.807, 2.05) is 0 Å². The molecule has 2 rings (SSSR count). The zero-order valence-electron chi connectivity index (χ0n) is 10.7. The van der Waals surface area contributed by atoms with Gasteiger partial charge in [0.2, 0.25) is 0 Å². The van der Waals surface area contributed by atoms with E-state index in [2.05, 4.69) is 8.12 Å². The van der Waals surface area contributed by atoms with Crippen LogP contribution in [0.2, 0.25) is 0 Å². The first-order valence-electron chi connectivity index (χ1n) is 6.85. The van der Waals surface area contributed by atoms with Gasteiger partial charge in [0.15, 0.2) is 23.0 Å². The van der Waals surface area contributed by atoms with Gasteiger partial charge in [-0.3, -0.25) is 4.90 Å². The van der Waals surface area contributed by atoms with Crippen LogP contribution in [-0.2, 0) is 12.8 Å². The summed E-state index contributed by atoms with van der Waals surface area (Å²) >= 11 is 1.72. The predicted molar refractivity (Wildman–Crippen MR) is 78.5 cm³/mol. The van der Waals surface area contributed by atoms with Crippen LogP contribution in [0.15, 0.2) is 0 Å². The summed E-state index contributed by atoms with van der Waals surface area (Å²) < 4.78 is 10.3. The van der Waals surface area contributed by atoms with E-state index in [0.29, 0.717) is 12.6 Å². The number of ether oxygens (including phenoxy) is 1. The van der Waals surface area contributed by atoms with Crippen molar-refractivity contribution < 1.29 is 12.8 Å². The van der Waals surface area contributed by atoms with E-state index in [1.54, 1.807) is 23.0 Å². The van der Waals surface area contributed by atoms with Gasteiger partial charge in [-0.05, 0) is 12.8 Å². The van der Waals surface area contributed by atoms with Gasteiger partial charge in [-0.2, -0.15) is 3.22 Å². The van der Waals surface area contributed by atoms with E-state index in [-0.39, 0.29) is 12.1 Å². The topological polar surface area (TPSA) is 30.9 Å². The minimum absolute atomic E-state index is 0.0202. The summed E-state index contributed by atoms with van der Waals surface area (Å²) in [6, 6.07) is 0.468. The minimum atomic E-state index is -0.204. The summed E-state index contributed by atoms with van der Waals surface area (Å²) in [7, 11) is 5.97. The van der Waals surface area contributed by atoms with Crippen molar-refractivity contribution >= 4 is 30.9 Å². The third kappa shape index (κ3) is 4.63. The summed E-state index contributed by atoms with van der Waals surface area (Å²) in [5.74, 6) is 0. The first-order valence-corrected chi connectivity index (χ1v) is 7.73. The number of halogens is 1. The molecular weight excluding hydrogens is 344 g/mol. The van der Waals surface area contributed by atoms with Crippen LogP contribution >= 0.6 is 23.0 Å². The molecule has 0 N–H and O–H groups in total. The molecule has 2 aliphatic rings. The maximum atomic E-state index is 5.97. The van der Waals surface area contributed by atoms with E-state index in [0.717, 1.165) is 13.1 Å². The molecule has 0 spiro atoms. The van der Waals surface area contributed by atoms with Crippen LogP contribution in [0.1, 0.15) is 38.5 Å². The first-order chi connectivity index (χ1) is 8.79. The van der Waals surface area contributed by atoms with Crippen molar-refractivity contribution in [2.75, 3.05) is 19.7 Å². The van der Waals surface area contributed by atoms with Gasteiger partial charge >= 0.3 is 0 Å². The van der Waals surface area contributed by atoms with Gasteiger partial charge in [0.05, 0.1) is 6.10 Å². The van der Waals surface area contributed by atoms with Crippen molar-refractivity contribution in [1.29, 1.82) is 0 Å². The molecule has 2 radical (unpaired) electrons. The standard InChI is InChI=1S/C12H21BINO3/c13-12-8-15(7-11(17-12)9-16-18-14)10-5-3-1-2-4-6-10/h10-12H,1-9H2/t11-,12+/m0/s1. The van der Waals surface area contributed by atoms with Crippen molar-refractivity contribution in [1.82, 2.24) is 4.90 Å². The van der Waals surface area contributed by atoms with E-state index in [9.17, 15) is 0 Å². The molecule has 102 valence electrons. The molecule has 2 fully saturated rings. The predicted octanol–water partition coefficient (Wildman–Crippen LogP) is 2.20. The van der Waals surface area contributed by atoms with E-state index < -0.39 is 0 Å². The summed E-state index contributed by atoms with van der Waals surface area (Å²) in [5, 5.41) is 0. The Balaban J connectivity index is 1.86. The zero-order valence-corrected chi connectivity index (χ0v) is 12.9. The second kappa shape index (κ2) is 8.04. The Bertz CT molecular complexity index is 239. The van der Waals surface area contributed by atoms with Crippen molar-refractivity contribution in [3.05, 3.63) is 0 Å². The molecule has 1 saturated carbocycles. The maximum absolute atomic E-state index is 5.97. The lowest BCUT2D eigenvalue weighted by Gasteiger charge is -2.41. The molecule has 18 heavy (non-hydrogen) atoms. The van der Waals surface area contributed by atoms with Crippen LogP contribution in [0.4, 0.5) is 0 Å². The molecule has 0 aromatic rings. The molecular formula is C12H21BINO3. The molecule has 1 heterocycles. The van der Waals surface area contributed by atoms with Crippen LogP contribution in [0.5, 0.6) is 0 Å². The van der Waals surface area contributed by atoms with Gasteiger partial charge in [-0.25, -0.2) is 4.89 Å². The third-order valence-corrected chi connectivity index (χ3v) is 4.11. The molecule has 0 aromatic heterocycles. The molecule has 0 bridgehead atoms. The number of morpholine rings is 1. The molecule has 2 atom stereocenters. The monoisotopic (exact) mass is 365 g/mol. The molecule has 0 amide bonds. The van der Waals surface area contributed by atoms with Crippen LogP contribution in [0.3, 0.4) is 0 Å². The number of hydrogen-bond acceptors (Lipinski definition) is 4. The van der Waals surface area contributed by atoms with Crippen LogP contribution in [-0.4, -0.2) is 50.6 Å². The lowest BCUT2D eigenvalue weighted by atomic mass is 9.95. The Morgan fingerprint density at radius 3 is 2.56 bits per heavy atom. The maximum Gasteiger partial charge on any atom is 0.155 e. The average molecular weight is 365 g/mol. The zero-order chi connectivity index (χ0) is 12.8. The Kier molecular flexibility index (Phi) is 6.72. The Hall–Kier alpha value is 0.635. The second-order valence-corrected chi connectivity index (χ2v) is 5.60. The number of hydrogen-bond donors (Lipinski definition) is 0. The van der Waals surface area contributed by atoms with Crippen LogP contribution in [0.25, 0.3) is 0 Å². The lowest BCUT2D eigenvalue weighted by Crippen LogP contribution is -2.53. The summed E-state index contributed by atoms with van der Waals surface area (Å²) in [4.78, 5) is 7.45. The normalized spacial score (nSPS) is 32.3. The quantitative estimate of drug-likeness (QED) is 0.251. The lowest BCUT2D eigenvalue weighted by molar-refractivity contribution is -0.207. The highest BCUT2D eigenvalue weighted by Gasteiger charge is 2.30. The summed E-state index contributed by atoms with van der Waals surface area (Å²) in [6.07, 6.45) is 8.05. The third-order valence-electron chi connectivity index (χ3n) is 3.86. The van der Waals surface area contributed by atoms with Crippen molar-refractivity contribution in [3.63, 3.8) is 0 Å². The van der Waals surface area contributed by atoms with Gasteiger partial charge < -0.3 is 4.74 Å². The number of nitrogens with zero attached hydrogens (tertiary/aromatic N) is 1. The fourth-order valence-corrected chi connectivity index (χ4v) is 3.16. The highest BCUT2D eigenvalue weighted by atomic mass is 127. The van der Waals surface area contributed by atoms with Gasteiger partial charge in [0.1, 0.15) is 14.5 Å². The van der Waals surface area contributed by atoms with Gasteiger partial charge in [-0.15, -0.1) is 0 Å². The van der Waals surface area contributed by atoms with Crippen LogP contribution in [0, 0.1) is 0 Å². The fraction of sp³-hybridized carbons (Fsp3) is 1.00. The largest absolute Gasteiger partial charge is 0.380 e. The van der Waals surface area contributed by atoms with Gasteiger partial charge in [0, 0.05) is 25.1 Å². The molecule has 0 unspecified atom stereocenters. The minimum Gasteiger partial charge on any atom is -0.380 e. The Morgan fingerprint density at radius 1 is 1.17 bits per heavy atom.